The molecule has 0 atom stereocenters. The Morgan fingerprint density at radius 1 is 0.929 bits per heavy atom. The molecule has 4 nitrogen and oxygen atoms in total. The second kappa shape index (κ2) is 5.45. The Morgan fingerprint density at radius 3 is 1.71 bits per heavy atom. The van der Waals surface area contributed by atoms with Gasteiger partial charge in [0.15, 0.2) is 0 Å². The summed E-state index contributed by atoms with van der Waals surface area (Å²) in [5.41, 5.74) is 1.67. The molecule has 0 fully saturated rings. The maximum Gasteiger partial charge on any atom is 0.103 e. The lowest BCUT2D eigenvalue weighted by atomic mass is 10.2. The first-order valence-electron chi connectivity index (χ1n) is 4.19. The van der Waals surface area contributed by atoms with Gasteiger partial charge in [-0.05, 0) is 12.1 Å². The number of nitrogens with one attached hydrogen (secondary N) is 2. The summed E-state index contributed by atoms with van der Waals surface area (Å²) in [6.07, 6.45) is 0. The summed E-state index contributed by atoms with van der Waals surface area (Å²) >= 11 is 0. The predicted molar refractivity (Wildman–Crippen MR) is 54.6 cm³/mol. The number of hydrogen-bond acceptors (Lipinski definition) is 4. The topological polar surface area (TPSA) is 71.6 Å². The van der Waals surface area contributed by atoms with Crippen LogP contribution in [0.3, 0.4) is 0 Å². The zero-order valence-electron chi connectivity index (χ0n) is 7.62. The number of benzene rings is 1. The molecule has 0 aromatic heterocycles. The van der Waals surface area contributed by atoms with Crippen molar-refractivity contribution in [2.24, 2.45) is 0 Å². The first-order valence-corrected chi connectivity index (χ1v) is 4.19. The van der Waals surface area contributed by atoms with Crippen molar-refractivity contribution in [3.05, 3.63) is 24.3 Å². The van der Waals surface area contributed by atoms with Crippen LogP contribution in [0.4, 0.5) is 11.4 Å². The van der Waals surface area contributed by atoms with Gasteiger partial charge in [0.1, 0.15) is 13.1 Å². The van der Waals surface area contributed by atoms with Crippen molar-refractivity contribution in [2.45, 2.75) is 0 Å². The molecule has 0 bridgehead atoms. The molecule has 4 heteroatoms. The van der Waals surface area contributed by atoms with E-state index in [9.17, 15) is 0 Å². The maximum absolute atomic E-state index is 8.41. The Balaban J connectivity index is 2.71. The second-order valence-corrected chi connectivity index (χ2v) is 2.57. The van der Waals surface area contributed by atoms with Crippen LogP contribution in [0.2, 0.25) is 0 Å². The van der Waals surface area contributed by atoms with E-state index >= 15 is 0 Å². The fourth-order valence-electron chi connectivity index (χ4n) is 1.06. The van der Waals surface area contributed by atoms with E-state index < -0.39 is 0 Å². The van der Waals surface area contributed by atoms with Crippen molar-refractivity contribution in [3.8, 4) is 12.1 Å². The Bertz CT molecular complexity index is 335. The third kappa shape index (κ3) is 2.69. The number of nitriles is 2. The van der Waals surface area contributed by atoms with Crippen LogP contribution in [0.1, 0.15) is 0 Å². The normalized spacial score (nSPS) is 8.43. The van der Waals surface area contributed by atoms with Gasteiger partial charge in [0.25, 0.3) is 0 Å². The van der Waals surface area contributed by atoms with E-state index in [0.29, 0.717) is 0 Å². The molecule has 0 unspecified atom stereocenters. The minimum Gasteiger partial charge on any atom is -0.371 e. The molecule has 0 saturated carbocycles. The quantitative estimate of drug-likeness (QED) is 0.700. The summed E-state index contributed by atoms with van der Waals surface area (Å²) in [7, 11) is 0. The molecular weight excluding hydrogens is 176 g/mol. The molecule has 0 radical (unpaired) electrons. The molecule has 0 aliphatic heterocycles. The van der Waals surface area contributed by atoms with Crippen LogP contribution in [0.25, 0.3) is 0 Å². The van der Waals surface area contributed by atoms with Gasteiger partial charge in [0, 0.05) is 0 Å². The van der Waals surface area contributed by atoms with Crippen molar-refractivity contribution in [1.82, 2.24) is 0 Å². The minimum absolute atomic E-state index is 0.255. The van der Waals surface area contributed by atoms with Crippen LogP contribution in [-0.2, 0) is 0 Å². The molecule has 2 N–H and O–H groups in total. The van der Waals surface area contributed by atoms with E-state index in [4.69, 9.17) is 10.5 Å². The molecule has 14 heavy (non-hydrogen) atoms. The van der Waals surface area contributed by atoms with E-state index in [0.717, 1.165) is 11.4 Å². The summed E-state index contributed by atoms with van der Waals surface area (Å²) in [6.45, 7) is 0.510. The summed E-state index contributed by atoms with van der Waals surface area (Å²) in [6, 6.07) is 11.5. The van der Waals surface area contributed by atoms with Gasteiger partial charge < -0.3 is 10.6 Å². The Morgan fingerprint density at radius 2 is 1.36 bits per heavy atom. The molecule has 1 aromatic carbocycles. The van der Waals surface area contributed by atoms with Crippen LogP contribution in [0, 0.1) is 22.7 Å². The molecule has 1 aromatic rings. The fourth-order valence-corrected chi connectivity index (χ4v) is 1.06. The van der Waals surface area contributed by atoms with Gasteiger partial charge in [-0.25, -0.2) is 0 Å². The fraction of sp³-hybridized carbons (Fsp3) is 0.200. The van der Waals surface area contributed by atoms with Gasteiger partial charge in [0.05, 0.1) is 23.5 Å². The van der Waals surface area contributed by atoms with Gasteiger partial charge in [-0.1, -0.05) is 12.1 Å². The SMILES string of the molecule is N#CCNc1ccccc1NCC#N. The third-order valence-corrected chi connectivity index (χ3v) is 1.64. The van der Waals surface area contributed by atoms with Crippen molar-refractivity contribution in [3.63, 3.8) is 0 Å². The maximum atomic E-state index is 8.41. The van der Waals surface area contributed by atoms with Gasteiger partial charge >= 0.3 is 0 Å². The van der Waals surface area contributed by atoms with Crippen LogP contribution >= 0.6 is 0 Å². The number of para-hydroxylation sites is 2. The highest BCUT2D eigenvalue weighted by molar-refractivity contribution is 5.68. The lowest BCUT2D eigenvalue weighted by Gasteiger charge is -2.09. The smallest absolute Gasteiger partial charge is 0.103 e. The van der Waals surface area contributed by atoms with Crippen LogP contribution in [0.15, 0.2) is 24.3 Å². The highest BCUT2D eigenvalue weighted by Crippen LogP contribution is 2.19. The van der Waals surface area contributed by atoms with Gasteiger partial charge in [-0.2, -0.15) is 10.5 Å². The van der Waals surface area contributed by atoms with Crippen LogP contribution in [0.5, 0.6) is 0 Å². The molecule has 0 spiro atoms. The Labute approximate surface area is 82.8 Å². The largest absolute Gasteiger partial charge is 0.371 e. The summed E-state index contributed by atoms with van der Waals surface area (Å²) in [5, 5.41) is 22.7. The van der Waals surface area contributed by atoms with Crippen molar-refractivity contribution in [2.75, 3.05) is 23.7 Å². The first-order chi connectivity index (χ1) is 6.88. The molecule has 0 heterocycles. The zero-order chi connectivity index (χ0) is 10.2. The molecule has 0 saturated heterocycles. The van der Waals surface area contributed by atoms with Crippen LogP contribution < -0.4 is 10.6 Å². The average Bonchev–Trinajstić information content (AvgIpc) is 2.24. The monoisotopic (exact) mass is 186 g/mol. The summed E-state index contributed by atoms with van der Waals surface area (Å²) in [5.74, 6) is 0. The highest BCUT2D eigenvalue weighted by atomic mass is 14.9. The van der Waals surface area contributed by atoms with E-state index in [1.54, 1.807) is 0 Å². The van der Waals surface area contributed by atoms with Gasteiger partial charge in [0.2, 0.25) is 0 Å². The summed E-state index contributed by atoms with van der Waals surface area (Å²) < 4.78 is 0. The number of rotatable bonds is 4. The Hall–Kier alpha value is -2.20. The third-order valence-electron chi connectivity index (χ3n) is 1.64. The molecular formula is C10H10N4. The second-order valence-electron chi connectivity index (χ2n) is 2.57. The minimum atomic E-state index is 0.255. The standard InChI is InChI=1S/C10H10N4/c11-5-7-13-9-3-1-2-4-10(9)14-8-6-12/h1-4,13-14H,7-8H2. The molecule has 1 rings (SSSR count). The van der Waals surface area contributed by atoms with E-state index in [1.807, 2.05) is 36.4 Å². The summed E-state index contributed by atoms with van der Waals surface area (Å²) in [4.78, 5) is 0. The van der Waals surface area contributed by atoms with Crippen molar-refractivity contribution in [1.29, 1.82) is 10.5 Å². The van der Waals surface area contributed by atoms with Crippen LogP contribution in [-0.4, -0.2) is 13.1 Å². The van der Waals surface area contributed by atoms with Gasteiger partial charge in [-0.3, -0.25) is 0 Å². The lowest BCUT2D eigenvalue weighted by molar-refractivity contribution is 1.28. The number of nitrogens with zero attached hydrogens (tertiary/aromatic N) is 2. The number of hydrogen-bond donors (Lipinski definition) is 2. The molecule has 0 amide bonds. The predicted octanol–water partition coefficient (Wildman–Crippen LogP) is 1.56. The average molecular weight is 186 g/mol. The molecule has 0 aliphatic carbocycles. The lowest BCUT2D eigenvalue weighted by Crippen LogP contribution is -2.05. The number of anilines is 2. The molecule has 70 valence electrons. The van der Waals surface area contributed by atoms with Crippen molar-refractivity contribution >= 4 is 11.4 Å². The van der Waals surface area contributed by atoms with E-state index in [-0.39, 0.29) is 13.1 Å². The first kappa shape index (κ1) is 9.88. The van der Waals surface area contributed by atoms with Crippen molar-refractivity contribution < 1.29 is 0 Å². The zero-order valence-corrected chi connectivity index (χ0v) is 7.62. The molecule has 0 aliphatic rings. The van der Waals surface area contributed by atoms with E-state index in [1.165, 1.54) is 0 Å². The highest BCUT2D eigenvalue weighted by Gasteiger charge is 1.98. The van der Waals surface area contributed by atoms with Gasteiger partial charge in [-0.15, -0.1) is 0 Å². The Kier molecular flexibility index (Phi) is 3.85. The van der Waals surface area contributed by atoms with E-state index in [2.05, 4.69) is 10.6 Å².